The van der Waals surface area contributed by atoms with Crippen LogP contribution in [0.3, 0.4) is 0 Å². The molecule has 0 N–H and O–H groups in total. The Morgan fingerprint density at radius 2 is 2.27 bits per heavy atom. The molecule has 1 aliphatic rings. The molecule has 0 amide bonds. The number of hydrogen-bond donors (Lipinski definition) is 0. The highest BCUT2D eigenvalue weighted by molar-refractivity contribution is 7.15. The largest absolute Gasteiger partial charge is 0.337 e. The second-order valence-corrected chi connectivity index (χ2v) is 8.11. The Labute approximate surface area is 159 Å². The summed E-state index contributed by atoms with van der Waals surface area (Å²) < 4.78 is 4.44. The van der Waals surface area contributed by atoms with E-state index in [0.717, 1.165) is 36.9 Å². The van der Waals surface area contributed by atoms with Gasteiger partial charge in [-0.25, -0.2) is 9.97 Å². The topological polar surface area (TPSA) is 38.4 Å². The maximum atomic E-state index is 4.73. The molecular formula is C20H27N5S. The van der Waals surface area contributed by atoms with Crippen LogP contribution in [0.2, 0.25) is 0 Å². The molecule has 3 aromatic heterocycles. The van der Waals surface area contributed by atoms with Crippen LogP contribution in [0.5, 0.6) is 0 Å². The summed E-state index contributed by atoms with van der Waals surface area (Å²) >= 11 is 1.72. The first kappa shape index (κ1) is 17.5. The number of imidazole rings is 2. The summed E-state index contributed by atoms with van der Waals surface area (Å²) in [6.45, 7) is 6.43. The van der Waals surface area contributed by atoms with Crippen molar-refractivity contribution in [3.8, 4) is 0 Å². The second-order valence-electron chi connectivity index (χ2n) is 7.24. The first-order chi connectivity index (χ1) is 12.8. The Morgan fingerprint density at radius 3 is 3.08 bits per heavy atom. The van der Waals surface area contributed by atoms with Gasteiger partial charge in [-0.15, -0.1) is 11.3 Å². The van der Waals surface area contributed by atoms with E-state index in [-0.39, 0.29) is 0 Å². The van der Waals surface area contributed by atoms with Gasteiger partial charge < -0.3 is 4.57 Å². The molecule has 0 spiro atoms. The van der Waals surface area contributed by atoms with Gasteiger partial charge in [0.25, 0.3) is 0 Å². The summed E-state index contributed by atoms with van der Waals surface area (Å²) in [7, 11) is 0. The van der Waals surface area contributed by atoms with E-state index in [1.54, 1.807) is 11.3 Å². The van der Waals surface area contributed by atoms with Crippen molar-refractivity contribution in [3.05, 3.63) is 53.8 Å². The van der Waals surface area contributed by atoms with Gasteiger partial charge in [-0.2, -0.15) is 0 Å². The molecule has 0 aromatic carbocycles. The molecular weight excluding hydrogens is 342 g/mol. The van der Waals surface area contributed by atoms with Crippen molar-refractivity contribution < 1.29 is 0 Å². The van der Waals surface area contributed by atoms with Crippen molar-refractivity contribution in [2.75, 3.05) is 13.1 Å². The Kier molecular flexibility index (Phi) is 5.51. The van der Waals surface area contributed by atoms with Crippen LogP contribution in [-0.2, 0) is 13.1 Å². The molecule has 0 saturated heterocycles. The third-order valence-corrected chi connectivity index (χ3v) is 6.04. The maximum Gasteiger partial charge on any atom is 0.194 e. The van der Waals surface area contributed by atoms with Gasteiger partial charge in [0.2, 0.25) is 0 Å². The lowest BCUT2D eigenvalue weighted by molar-refractivity contribution is 0.206. The molecule has 0 bridgehead atoms. The van der Waals surface area contributed by atoms with E-state index in [9.17, 15) is 0 Å². The zero-order chi connectivity index (χ0) is 17.8. The zero-order valence-corrected chi connectivity index (χ0v) is 16.2. The fourth-order valence-electron chi connectivity index (χ4n) is 3.86. The van der Waals surface area contributed by atoms with Crippen LogP contribution in [0, 0.1) is 12.8 Å². The van der Waals surface area contributed by atoms with E-state index in [4.69, 9.17) is 4.98 Å². The van der Waals surface area contributed by atoms with Crippen LogP contribution in [-0.4, -0.2) is 36.9 Å². The Balaban J connectivity index is 1.44. The van der Waals surface area contributed by atoms with E-state index < -0.39 is 0 Å². The molecule has 4 rings (SSSR count). The number of allylic oxidation sites excluding steroid dienone is 2. The van der Waals surface area contributed by atoms with Crippen LogP contribution in [0.4, 0.5) is 0 Å². The van der Waals surface area contributed by atoms with Gasteiger partial charge in [-0.1, -0.05) is 12.2 Å². The minimum absolute atomic E-state index is 0.777. The van der Waals surface area contributed by atoms with E-state index in [1.165, 1.54) is 37.2 Å². The third-order valence-electron chi connectivity index (χ3n) is 5.28. The van der Waals surface area contributed by atoms with Gasteiger partial charge in [0, 0.05) is 50.1 Å². The van der Waals surface area contributed by atoms with Gasteiger partial charge in [0.05, 0.1) is 17.7 Å². The van der Waals surface area contributed by atoms with Gasteiger partial charge in [-0.05, 0) is 38.5 Å². The predicted molar refractivity (Wildman–Crippen MR) is 106 cm³/mol. The van der Waals surface area contributed by atoms with Crippen LogP contribution in [0.15, 0.2) is 42.4 Å². The first-order valence-electron chi connectivity index (χ1n) is 9.53. The Bertz CT molecular complexity index is 845. The number of aromatic nitrogens is 4. The lowest BCUT2D eigenvalue weighted by atomic mass is 9.94. The van der Waals surface area contributed by atoms with Crippen LogP contribution in [0.1, 0.15) is 37.1 Å². The van der Waals surface area contributed by atoms with Gasteiger partial charge in [0.15, 0.2) is 4.96 Å². The number of thiazole rings is 1. The predicted octanol–water partition coefficient (Wildman–Crippen LogP) is 4.15. The summed E-state index contributed by atoms with van der Waals surface area (Å²) in [5.41, 5.74) is 2.51. The number of nitrogens with zero attached hydrogens (tertiary/aromatic N) is 5. The van der Waals surface area contributed by atoms with Crippen molar-refractivity contribution in [1.82, 2.24) is 23.8 Å². The molecule has 6 heteroatoms. The fraction of sp³-hybridized carbons (Fsp3) is 0.500. The van der Waals surface area contributed by atoms with E-state index in [1.807, 2.05) is 18.7 Å². The third kappa shape index (κ3) is 4.07. The molecule has 1 unspecified atom stereocenters. The Hall–Kier alpha value is -1.92. The summed E-state index contributed by atoms with van der Waals surface area (Å²) in [4.78, 5) is 12.6. The zero-order valence-electron chi connectivity index (χ0n) is 15.4. The number of fused-ring (bicyclic) bond motifs is 1. The summed E-state index contributed by atoms with van der Waals surface area (Å²) in [6.07, 6.45) is 17.6. The first-order valence-corrected chi connectivity index (χ1v) is 10.4. The smallest absolute Gasteiger partial charge is 0.194 e. The van der Waals surface area contributed by atoms with E-state index in [2.05, 4.69) is 49.5 Å². The lowest BCUT2D eigenvalue weighted by Crippen LogP contribution is -2.31. The van der Waals surface area contributed by atoms with Gasteiger partial charge >= 0.3 is 0 Å². The monoisotopic (exact) mass is 369 g/mol. The van der Waals surface area contributed by atoms with E-state index >= 15 is 0 Å². The molecule has 138 valence electrons. The van der Waals surface area contributed by atoms with E-state index in [0.29, 0.717) is 0 Å². The molecule has 3 heterocycles. The highest BCUT2D eigenvalue weighted by Crippen LogP contribution is 2.23. The number of aryl methyl sites for hydroxylation is 2. The molecule has 26 heavy (non-hydrogen) atoms. The fourth-order valence-corrected chi connectivity index (χ4v) is 4.64. The quantitative estimate of drug-likeness (QED) is 0.560. The lowest BCUT2D eigenvalue weighted by Gasteiger charge is -2.28. The second kappa shape index (κ2) is 8.18. The summed E-state index contributed by atoms with van der Waals surface area (Å²) in [5, 5.41) is 2.13. The molecule has 3 aromatic rings. The van der Waals surface area contributed by atoms with Gasteiger partial charge in [-0.3, -0.25) is 9.30 Å². The SMILES string of the molecule is Cc1nc2sccn2c1CN(CCCn1ccnc1)CC1CC=CCC1. The highest BCUT2D eigenvalue weighted by Gasteiger charge is 2.18. The number of rotatable bonds is 8. The van der Waals surface area contributed by atoms with Crippen LogP contribution in [0.25, 0.3) is 4.96 Å². The van der Waals surface area contributed by atoms with Crippen molar-refractivity contribution in [2.45, 2.75) is 45.7 Å². The molecule has 0 radical (unpaired) electrons. The molecule has 0 saturated carbocycles. The normalized spacial score (nSPS) is 17.5. The van der Waals surface area contributed by atoms with Crippen LogP contribution < -0.4 is 0 Å². The highest BCUT2D eigenvalue weighted by atomic mass is 32.1. The van der Waals surface area contributed by atoms with Crippen molar-refractivity contribution in [2.24, 2.45) is 5.92 Å². The van der Waals surface area contributed by atoms with Crippen LogP contribution >= 0.6 is 11.3 Å². The minimum Gasteiger partial charge on any atom is -0.337 e. The molecule has 1 atom stereocenters. The standard InChI is InChI=1S/C20H27N5S/c1-17-19(25-12-13-26-20(25)22-17)15-24(14-18-6-3-2-4-7-18)10-5-9-23-11-8-21-16-23/h2-3,8,11-13,16,18H,4-7,9-10,14-15H2,1H3. The minimum atomic E-state index is 0.777. The summed E-state index contributed by atoms with van der Waals surface area (Å²) in [6, 6.07) is 0. The average molecular weight is 370 g/mol. The molecule has 0 aliphatic heterocycles. The molecule has 1 aliphatic carbocycles. The average Bonchev–Trinajstić information content (AvgIpc) is 3.36. The maximum absolute atomic E-state index is 4.73. The van der Waals surface area contributed by atoms with Gasteiger partial charge in [0.1, 0.15) is 0 Å². The molecule has 5 nitrogen and oxygen atoms in total. The van der Waals surface area contributed by atoms with Crippen molar-refractivity contribution in [3.63, 3.8) is 0 Å². The molecule has 0 fully saturated rings. The van der Waals surface area contributed by atoms with Crippen molar-refractivity contribution in [1.29, 1.82) is 0 Å². The number of hydrogen-bond acceptors (Lipinski definition) is 4. The summed E-state index contributed by atoms with van der Waals surface area (Å²) in [5.74, 6) is 0.777. The Morgan fingerprint density at radius 1 is 1.31 bits per heavy atom. The van der Waals surface area contributed by atoms with Crippen molar-refractivity contribution >= 4 is 16.3 Å².